The number of amides is 2. The van der Waals surface area contributed by atoms with E-state index < -0.39 is 6.10 Å². The minimum Gasteiger partial charge on any atom is -0.485 e. The van der Waals surface area contributed by atoms with Gasteiger partial charge in [0.1, 0.15) is 24.0 Å². The number of fused-ring (bicyclic) bond motifs is 1. The predicted octanol–water partition coefficient (Wildman–Crippen LogP) is 3.44. The average molecular weight is 658 g/mol. The molecule has 4 aliphatic rings. The van der Waals surface area contributed by atoms with Crippen molar-refractivity contribution in [2.45, 2.75) is 77.7 Å². The number of β-amino-alcohol motifs (C(OH)–C–C–N with tert-alkyl or cyclic N) is 1. The van der Waals surface area contributed by atoms with Crippen LogP contribution >= 0.6 is 0 Å². The molecule has 3 N–H and O–H groups in total. The van der Waals surface area contributed by atoms with Gasteiger partial charge >= 0.3 is 0 Å². The lowest BCUT2D eigenvalue weighted by Gasteiger charge is -2.36. The number of pyridine rings is 1. The molecule has 2 saturated carbocycles. The van der Waals surface area contributed by atoms with Crippen LogP contribution in [0.25, 0.3) is 0 Å². The molecular formula is C36H47N7O5. The van der Waals surface area contributed by atoms with Gasteiger partial charge in [-0.1, -0.05) is 6.07 Å². The molecule has 12 heteroatoms. The topological polar surface area (TPSA) is 136 Å². The highest BCUT2D eigenvalue weighted by molar-refractivity contribution is 5.95. The minimum absolute atomic E-state index is 0.153. The van der Waals surface area contributed by atoms with Gasteiger partial charge < -0.3 is 34.7 Å². The summed E-state index contributed by atoms with van der Waals surface area (Å²) in [5.41, 5.74) is 5.00. The van der Waals surface area contributed by atoms with Crippen molar-refractivity contribution in [2.75, 3.05) is 56.0 Å². The zero-order valence-electron chi connectivity index (χ0n) is 28.0. The molecular weight excluding hydrogens is 610 g/mol. The number of hydrogen-bond donors (Lipinski definition) is 3. The van der Waals surface area contributed by atoms with Crippen LogP contribution in [0.5, 0.6) is 5.75 Å². The van der Waals surface area contributed by atoms with Gasteiger partial charge in [-0.05, 0) is 87.3 Å². The van der Waals surface area contributed by atoms with E-state index in [-0.39, 0.29) is 24.3 Å². The zero-order chi connectivity index (χ0) is 33.2. The molecule has 2 aliphatic heterocycles. The quantitative estimate of drug-likeness (QED) is 0.266. The van der Waals surface area contributed by atoms with Crippen molar-refractivity contribution in [3.8, 4) is 5.75 Å². The molecule has 2 aliphatic carbocycles. The van der Waals surface area contributed by atoms with E-state index in [0.29, 0.717) is 56.8 Å². The molecule has 7 rings (SSSR count). The Morgan fingerprint density at radius 3 is 2.60 bits per heavy atom. The van der Waals surface area contributed by atoms with Gasteiger partial charge in [-0.15, -0.1) is 0 Å². The third kappa shape index (κ3) is 7.44. The van der Waals surface area contributed by atoms with Gasteiger partial charge in [-0.25, -0.2) is 9.97 Å². The van der Waals surface area contributed by atoms with E-state index in [1.807, 2.05) is 30.0 Å². The zero-order valence-corrected chi connectivity index (χ0v) is 28.0. The Morgan fingerprint density at radius 2 is 1.90 bits per heavy atom. The van der Waals surface area contributed by atoms with Crippen LogP contribution in [0, 0.1) is 19.8 Å². The number of oxazole rings is 1. The Kier molecular flexibility index (Phi) is 9.54. The smallest absolute Gasteiger partial charge is 0.251 e. The molecule has 0 unspecified atom stereocenters. The molecule has 1 aromatic carbocycles. The SMILES string of the molecule is Cc1ncoc1COc1ccc2c(c1C)CCN(C[C@@H](O)CNC(=O)c1cc(NC3CCC3)nc(N3CCN(C(=O)C4CC4)CC3)c1)C2. The first kappa shape index (κ1) is 32.4. The Hall–Kier alpha value is -4.16. The summed E-state index contributed by atoms with van der Waals surface area (Å²) in [6.45, 7) is 9.21. The summed E-state index contributed by atoms with van der Waals surface area (Å²) in [7, 11) is 0. The molecule has 0 spiro atoms. The Balaban J connectivity index is 0.932. The number of aliphatic hydroxyl groups is 1. The molecule has 4 heterocycles. The van der Waals surface area contributed by atoms with Crippen molar-refractivity contribution >= 4 is 23.5 Å². The Morgan fingerprint density at radius 1 is 1.08 bits per heavy atom. The number of anilines is 2. The Labute approximate surface area is 281 Å². The van der Waals surface area contributed by atoms with Crippen LogP contribution in [-0.2, 0) is 24.4 Å². The molecule has 3 fully saturated rings. The van der Waals surface area contributed by atoms with E-state index in [4.69, 9.17) is 14.1 Å². The number of ether oxygens (including phenoxy) is 1. The number of benzene rings is 1. The number of nitrogens with zero attached hydrogens (tertiary/aromatic N) is 5. The van der Waals surface area contributed by atoms with E-state index in [9.17, 15) is 14.7 Å². The van der Waals surface area contributed by atoms with Crippen molar-refractivity contribution in [1.29, 1.82) is 0 Å². The molecule has 1 saturated heterocycles. The number of hydrogen-bond acceptors (Lipinski definition) is 10. The van der Waals surface area contributed by atoms with Crippen LogP contribution in [0.1, 0.15) is 70.6 Å². The number of rotatable bonds is 12. The third-order valence-corrected chi connectivity index (χ3v) is 10.3. The number of carbonyl (C=O) groups excluding carboxylic acids is 2. The predicted molar refractivity (Wildman–Crippen MR) is 181 cm³/mol. The highest BCUT2D eigenvalue weighted by Gasteiger charge is 2.35. The van der Waals surface area contributed by atoms with Crippen LogP contribution in [0.4, 0.5) is 11.6 Å². The highest BCUT2D eigenvalue weighted by Crippen LogP contribution is 2.32. The fourth-order valence-corrected chi connectivity index (χ4v) is 6.86. The lowest BCUT2D eigenvalue weighted by molar-refractivity contribution is -0.132. The Bertz CT molecular complexity index is 1630. The molecule has 3 aromatic rings. The summed E-state index contributed by atoms with van der Waals surface area (Å²) < 4.78 is 11.5. The minimum atomic E-state index is -0.713. The first-order chi connectivity index (χ1) is 23.3. The second-order valence-electron chi connectivity index (χ2n) is 13.8. The standard InChI is InChI=1S/C36H47N7O5/c1-23-30-10-11-41(19-26(30)8-9-31(23)47-21-32-24(2)38-22-48-32)20-29(44)18-37-35(45)27-16-33(39-28-4-3-5-28)40-34(17-27)42-12-14-43(15-13-42)36(46)25-6-7-25/h8-9,16-17,22,25,28-29,44H,3-7,10-15,18-21H2,1-2H3,(H,37,45)(H,39,40)/t29-/m0/s1. The summed E-state index contributed by atoms with van der Waals surface area (Å²) in [5, 5.41) is 17.4. The van der Waals surface area contributed by atoms with Crippen molar-refractivity contribution in [3.63, 3.8) is 0 Å². The van der Waals surface area contributed by atoms with Gasteiger partial charge in [-0.2, -0.15) is 0 Å². The number of piperazine rings is 1. The van der Waals surface area contributed by atoms with Crippen molar-refractivity contribution in [1.82, 2.24) is 25.1 Å². The van der Waals surface area contributed by atoms with Crippen molar-refractivity contribution in [3.05, 3.63) is 64.4 Å². The molecule has 256 valence electrons. The fourth-order valence-electron chi connectivity index (χ4n) is 6.86. The van der Waals surface area contributed by atoms with Crippen LogP contribution in [0.3, 0.4) is 0 Å². The lowest BCUT2D eigenvalue weighted by atomic mass is 9.93. The lowest BCUT2D eigenvalue weighted by Crippen LogP contribution is -2.49. The van der Waals surface area contributed by atoms with Crippen molar-refractivity contribution in [2.24, 2.45) is 5.92 Å². The number of aromatic nitrogens is 2. The summed E-state index contributed by atoms with van der Waals surface area (Å²) in [6, 6.07) is 8.13. The van der Waals surface area contributed by atoms with Gasteiger partial charge in [0.05, 0.1) is 11.8 Å². The van der Waals surface area contributed by atoms with E-state index in [1.165, 1.54) is 23.9 Å². The number of aryl methyl sites for hydroxylation is 1. The summed E-state index contributed by atoms with van der Waals surface area (Å²) >= 11 is 0. The van der Waals surface area contributed by atoms with Gasteiger partial charge in [0.2, 0.25) is 5.91 Å². The van der Waals surface area contributed by atoms with Crippen molar-refractivity contribution < 1.29 is 23.8 Å². The monoisotopic (exact) mass is 657 g/mol. The van der Waals surface area contributed by atoms with E-state index in [2.05, 4.69) is 38.4 Å². The van der Waals surface area contributed by atoms with Gasteiger partial charge in [0.15, 0.2) is 12.2 Å². The van der Waals surface area contributed by atoms with E-state index in [1.54, 1.807) is 0 Å². The van der Waals surface area contributed by atoms with Gasteiger partial charge in [-0.3, -0.25) is 14.5 Å². The number of aliphatic hydroxyl groups excluding tert-OH is 1. The van der Waals surface area contributed by atoms with Crippen LogP contribution in [0.15, 0.2) is 35.1 Å². The normalized spacial score (nSPS) is 19.0. The maximum absolute atomic E-state index is 13.4. The molecule has 48 heavy (non-hydrogen) atoms. The highest BCUT2D eigenvalue weighted by atomic mass is 16.5. The maximum Gasteiger partial charge on any atom is 0.251 e. The number of nitrogens with one attached hydrogen (secondary N) is 2. The van der Waals surface area contributed by atoms with E-state index >= 15 is 0 Å². The average Bonchev–Trinajstić information content (AvgIpc) is 3.85. The number of carbonyl (C=O) groups is 2. The second kappa shape index (κ2) is 14.1. The summed E-state index contributed by atoms with van der Waals surface area (Å²) in [5.74, 6) is 3.28. The molecule has 2 aromatic heterocycles. The fraction of sp³-hybridized carbons (Fsp3) is 0.556. The molecule has 0 radical (unpaired) electrons. The van der Waals surface area contributed by atoms with E-state index in [0.717, 1.165) is 73.8 Å². The van der Waals surface area contributed by atoms with Gasteiger partial charge in [0, 0.05) is 69.9 Å². The first-order valence-electron chi connectivity index (χ1n) is 17.4. The molecule has 2 amide bonds. The molecule has 0 bridgehead atoms. The summed E-state index contributed by atoms with van der Waals surface area (Å²) in [6.07, 6.45) is 7.00. The summed E-state index contributed by atoms with van der Waals surface area (Å²) in [4.78, 5) is 41.3. The molecule has 1 atom stereocenters. The van der Waals surface area contributed by atoms with Crippen LogP contribution in [0.2, 0.25) is 0 Å². The first-order valence-corrected chi connectivity index (χ1v) is 17.4. The van der Waals surface area contributed by atoms with Crippen LogP contribution in [-0.4, -0.2) is 94.6 Å². The second-order valence-corrected chi connectivity index (χ2v) is 13.8. The van der Waals surface area contributed by atoms with Gasteiger partial charge in [0.25, 0.3) is 5.91 Å². The van der Waals surface area contributed by atoms with Crippen LogP contribution < -0.4 is 20.3 Å². The molecule has 12 nitrogen and oxygen atoms in total. The third-order valence-electron chi connectivity index (χ3n) is 10.3. The maximum atomic E-state index is 13.4. The largest absolute Gasteiger partial charge is 0.485 e.